The highest BCUT2D eigenvalue weighted by Crippen LogP contribution is 2.27. The molecule has 0 fully saturated rings. The molecule has 0 aliphatic rings. The Balaban J connectivity index is 2.21. The predicted octanol–water partition coefficient (Wildman–Crippen LogP) is 3.85. The quantitative estimate of drug-likeness (QED) is 0.834. The Morgan fingerprint density at radius 3 is 2.47 bits per heavy atom. The van der Waals surface area contributed by atoms with Crippen molar-refractivity contribution in [3.05, 3.63) is 62.7 Å². The average Bonchev–Trinajstić information content (AvgIpc) is 2.41. The summed E-state index contributed by atoms with van der Waals surface area (Å²) < 4.78 is 6.64. The van der Waals surface area contributed by atoms with Gasteiger partial charge >= 0.3 is 0 Å². The summed E-state index contributed by atoms with van der Waals surface area (Å²) in [6, 6.07) is 14.6. The van der Waals surface area contributed by atoms with Gasteiger partial charge in [-0.2, -0.15) is 0 Å². The molecule has 0 amide bonds. The summed E-state index contributed by atoms with van der Waals surface area (Å²) in [4.78, 5) is 0. The number of nitrogens with two attached hydrogens (primary N) is 1. The fourth-order valence-corrected chi connectivity index (χ4v) is 2.49. The van der Waals surface area contributed by atoms with Crippen molar-refractivity contribution < 1.29 is 4.74 Å². The zero-order valence-electron chi connectivity index (χ0n) is 11.2. The van der Waals surface area contributed by atoms with Crippen molar-refractivity contribution in [2.75, 3.05) is 7.11 Å². The number of ether oxygens (including phenoxy) is 1. The second kappa shape index (κ2) is 6.39. The Morgan fingerprint density at radius 1 is 1.16 bits per heavy atom. The summed E-state index contributed by atoms with van der Waals surface area (Å²) in [7, 11) is 1.69. The minimum atomic E-state index is -0.0464. The van der Waals surface area contributed by atoms with Gasteiger partial charge in [-0.05, 0) is 59.7 Å². The van der Waals surface area contributed by atoms with Gasteiger partial charge in [0.25, 0.3) is 0 Å². The molecule has 0 spiro atoms. The molecule has 19 heavy (non-hydrogen) atoms. The van der Waals surface area contributed by atoms with Crippen LogP contribution < -0.4 is 10.5 Å². The van der Waals surface area contributed by atoms with Crippen molar-refractivity contribution in [1.29, 1.82) is 0 Å². The standard InChI is InChI=1S/C16H18INO/c1-11-3-8-16(19-2)14(9-11)15(18)10-12-4-6-13(17)7-5-12/h3-9,15H,10,18H2,1-2H3. The molecule has 100 valence electrons. The lowest BCUT2D eigenvalue weighted by molar-refractivity contribution is 0.405. The first kappa shape index (κ1) is 14.3. The minimum absolute atomic E-state index is 0.0464. The van der Waals surface area contributed by atoms with Gasteiger partial charge in [0.15, 0.2) is 0 Å². The lowest BCUT2D eigenvalue weighted by atomic mass is 9.97. The predicted molar refractivity (Wildman–Crippen MR) is 87.5 cm³/mol. The van der Waals surface area contributed by atoms with E-state index in [4.69, 9.17) is 10.5 Å². The van der Waals surface area contributed by atoms with Gasteiger partial charge in [-0.3, -0.25) is 0 Å². The van der Waals surface area contributed by atoms with E-state index in [1.54, 1.807) is 7.11 Å². The molecular formula is C16H18INO. The fraction of sp³-hybridized carbons (Fsp3) is 0.250. The van der Waals surface area contributed by atoms with Crippen LogP contribution in [0.3, 0.4) is 0 Å². The van der Waals surface area contributed by atoms with Gasteiger partial charge in [-0.25, -0.2) is 0 Å². The minimum Gasteiger partial charge on any atom is -0.496 e. The third-order valence-corrected chi connectivity index (χ3v) is 3.87. The molecule has 0 aliphatic carbocycles. The molecule has 0 heterocycles. The topological polar surface area (TPSA) is 35.2 Å². The zero-order valence-corrected chi connectivity index (χ0v) is 13.3. The van der Waals surface area contributed by atoms with Crippen LogP contribution in [0, 0.1) is 10.5 Å². The summed E-state index contributed by atoms with van der Waals surface area (Å²) in [6.07, 6.45) is 0.816. The smallest absolute Gasteiger partial charge is 0.123 e. The van der Waals surface area contributed by atoms with Crippen LogP contribution in [0.5, 0.6) is 5.75 Å². The van der Waals surface area contributed by atoms with Gasteiger partial charge in [0.2, 0.25) is 0 Å². The molecule has 0 aromatic heterocycles. The van der Waals surface area contributed by atoms with Crippen LogP contribution in [0.15, 0.2) is 42.5 Å². The van der Waals surface area contributed by atoms with Crippen LogP contribution >= 0.6 is 22.6 Å². The molecule has 0 saturated carbocycles. The summed E-state index contributed by atoms with van der Waals surface area (Å²) in [6.45, 7) is 2.07. The molecular weight excluding hydrogens is 349 g/mol. The van der Waals surface area contributed by atoms with E-state index in [2.05, 4.69) is 59.8 Å². The van der Waals surface area contributed by atoms with Gasteiger partial charge < -0.3 is 10.5 Å². The highest BCUT2D eigenvalue weighted by atomic mass is 127. The van der Waals surface area contributed by atoms with Gasteiger partial charge in [-0.15, -0.1) is 0 Å². The number of aryl methyl sites for hydroxylation is 1. The number of hydrogen-bond donors (Lipinski definition) is 1. The van der Waals surface area contributed by atoms with Crippen molar-refractivity contribution in [1.82, 2.24) is 0 Å². The van der Waals surface area contributed by atoms with E-state index in [-0.39, 0.29) is 6.04 Å². The monoisotopic (exact) mass is 367 g/mol. The third-order valence-electron chi connectivity index (χ3n) is 3.15. The van der Waals surface area contributed by atoms with E-state index in [9.17, 15) is 0 Å². The summed E-state index contributed by atoms with van der Waals surface area (Å²) >= 11 is 2.31. The molecule has 2 aromatic carbocycles. The Hall–Kier alpha value is -1.07. The molecule has 2 nitrogen and oxygen atoms in total. The van der Waals surface area contributed by atoms with E-state index in [0.29, 0.717) is 0 Å². The van der Waals surface area contributed by atoms with Crippen molar-refractivity contribution >= 4 is 22.6 Å². The maximum Gasteiger partial charge on any atom is 0.123 e. The highest BCUT2D eigenvalue weighted by Gasteiger charge is 2.12. The molecule has 0 radical (unpaired) electrons. The summed E-state index contributed by atoms with van der Waals surface area (Å²) in [5.41, 5.74) is 9.85. The van der Waals surface area contributed by atoms with Crippen LogP contribution in [0.2, 0.25) is 0 Å². The number of benzene rings is 2. The highest BCUT2D eigenvalue weighted by molar-refractivity contribution is 14.1. The molecule has 0 bridgehead atoms. The lowest BCUT2D eigenvalue weighted by Gasteiger charge is -2.16. The largest absolute Gasteiger partial charge is 0.496 e. The van der Waals surface area contributed by atoms with E-state index >= 15 is 0 Å². The summed E-state index contributed by atoms with van der Waals surface area (Å²) in [5, 5.41) is 0. The molecule has 0 saturated heterocycles. The van der Waals surface area contributed by atoms with Crippen LogP contribution in [-0.4, -0.2) is 7.11 Å². The summed E-state index contributed by atoms with van der Waals surface area (Å²) in [5.74, 6) is 0.864. The van der Waals surface area contributed by atoms with Crippen molar-refractivity contribution in [3.63, 3.8) is 0 Å². The lowest BCUT2D eigenvalue weighted by Crippen LogP contribution is -2.14. The Bertz CT molecular complexity index is 551. The average molecular weight is 367 g/mol. The normalized spacial score (nSPS) is 12.2. The second-order valence-electron chi connectivity index (χ2n) is 4.68. The first-order valence-electron chi connectivity index (χ1n) is 6.24. The molecule has 1 unspecified atom stereocenters. The molecule has 1 atom stereocenters. The Kier molecular flexibility index (Phi) is 4.82. The second-order valence-corrected chi connectivity index (χ2v) is 5.93. The van der Waals surface area contributed by atoms with Crippen molar-refractivity contribution in [3.8, 4) is 5.75 Å². The van der Waals surface area contributed by atoms with Gasteiger partial charge in [-0.1, -0.05) is 29.8 Å². The van der Waals surface area contributed by atoms with E-state index in [0.717, 1.165) is 17.7 Å². The van der Waals surface area contributed by atoms with E-state index in [1.807, 2.05) is 12.1 Å². The Morgan fingerprint density at radius 2 is 1.84 bits per heavy atom. The zero-order chi connectivity index (χ0) is 13.8. The maximum atomic E-state index is 6.33. The van der Waals surface area contributed by atoms with Crippen LogP contribution in [0.4, 0.5) is 0 Å². The fourth-order valence-electron chi connectivity index (χ4n) is 2.13. The first-order valence-corrected chi connectivity index (χ1v) is 7.32. The first-order chi connectivity index (χ1) is 9.10. The molecule has 0 aliphatic heterocycles. The van der Waals surface area contributed by atoms with E-state index < -0.39 is 0 Å². The number of rotatable bonds is 4. The molecule has 2 N–H and O–H groups in total. The van der Waals surface area contributed by atoms with Crippen molar-refractivity contribution in [2.45, 2.75) is 19.4 Å². The number of methoxy groups -OCH3 is 1. The van der Waals surface area contributed by atoms with Gasteiger partial charge in [0.1, 0.15) is 5.75 Å². The van der Waals surface area contributed by atoms with Gasteiger partial charge in [0.05, 0.1) is 7.11 Å². The molecule has 3 heteroatoms. The van der Waals surface area contributed by atoms with Crippen LogP contribution in [0.1, 0.15) is 22.7 Å². The maximum absolute atomic E-state index is 6.33. The molecule has 2 aromatic rings. The van der Waals surface area contributed by atoms with Gasteiger partial charge in [0, 0.05) is 15.2 Å². The Labute approximate surface area is 128 Å². The molecule has 2 rings (SSSR count). The number of hydrogen-bond acceptors (Lipinski definition) is 2. The van der Waals surface area contributed by atoms with Crippen LogP contribution in [-0.2, 0) is 6.42 Å². The third kappa shape index (κ3) is 3.70. The van der Waals surface area contributed by atoms with E-state index in [1.165, 1.54) is 14.7 Å². The number of halogens is 1. The SMILES string of the molecule is COc1ccc(C)cc1C(N)Cc1ccc(I)cc1. The van der Waals surface area contributed by atoms with Crippen molar-refractivity contribution in [2.24, 2.45) is 5.73 Å². The van der Waals surface area contributed by atoms with Crippen LogP contribution in [0.25, 0.3) is 0 Å².